The fourth-order valence-electron chi connectivity index (χ4n) is 4.70. The number of nitrogens with one attached hydrogen (secondary N) is 1. The highest BCUT2D eigenvalue weighted by Crippen LogP contribution is 2.41. The number of halogens is 1. The number of benzene rings is 1. The molecule has 2 fully saturated rings. The Labute approximate surface area is 159 Å². The normalized spacial score (nSPS) is 20.6. The summed E-state index contributed by atoms with van der Waals surface area (Å²) in [4.78, 5) is 15.7. The van der Waals surface area contributed by atoms with Crippen LogP contribution in [0.5, 0.6) is 0 Å². The maximum Gasteiger partial charge on any atom is 0.230 e. The molecule has 4 rings (SSSR count). The fraction of sp³-hybridized carbons (Fsp3) is 0.500. The molecular weight excluding hydrogens is 343 g/mol. The zero-order valence-electron chi connectivity index (χ0n) is 15.6. The summed E-state index contributed by atoms with van der Waals surface area (Å²) in [5.74, 6) is 0.695. The van der Waals surface area contributed by atoms with E-state index in [-0.39, 0.29) is 17.8 Å². The average molecular weight is 370 g/mol. The second-order valence-electron chi connectivity index (χ2n) is 7.78. The van der Waals surface area contributed by atoms with Gasteiger partial charge in [0.15, 0.2) is 0 Å². The highest BCUT2D eigenvalue weighted by atomic mass is 19.1. The van der Waals surface area contributed by atoms with Gasteiger partial charge in [0.1, 0.15) is 11.6 Å². The standard InChI is InChI=1S/C22H27FN2O2/c23-18-9-7-17(8-10-18)22(11-1-2-12-22)21(26)24-16-19(20-6-5-15-27-20)25-13-3-4-14-25/h5-10,15,19H,1-4,11-14,16H2,(H,24,26). The molecule has 1 saturated carbocycles. The second-order valence-corrected chi connectivity index (χ2v) is 7.78. The van der Waals surface area contributed by atoms with Gasteiger partial charge in [0, 0.05) is 6.54 Å². The van der Waals surface area contributed by atoms with Crippen molar-refractivity contribution in [2.24, 2.45) is 0 Å². The number of carbonyl (C=O) groups excluding carboxylic acids is 1. The number of furan rings is 1. The van der Waals surface area contributed by atoms with E-state index in [2.05, 4.69) is 10.2 Å². The van der Waals surface area contributed by atoms with Crippen LogP contribution in [-0.4, -0.2) is 30.4 Å². The summed E-state index contributed by atoms with van der Waals surface area (Å²) in [7, 11) is 0. The molecule has 4 nitrogen and oxygen atoms in total. The van der Waals surface area contributed by atoms with Crippen LogP contribution >= 0.6 is 0 Å². The summed E-state index contributed by atoms with van der Waals surface area (Å²) in [6.45, 7) is 2.60. The molecule has 1 aromatic carbocycles. The molecule has 5 heteroatoms. The highest BCUT2D eigenvalue weighted by Gasteiger charge is 2.43. The molecule has 1 saturated heterocycles. The maximum atomic E-state index is 13.4. The first kappa shape index (κ1) is 18.2. The first-order chi connectivity index (χ1) is 13.2. The van der Waals surface area contributed by atoms with Crippen molar-refractivity contribution in [1.82, 2.24) is 10.2 Å². The van der Waals surface area contributed by atoms with E-state index in [1.165, 1.54) is 25.0 Å². The number of likely N-dealkylation sites (tertiary alicyclic amines) is 1. The largest absolute Gasteiger partial charge is 0.468 e. The van der Waals surface area contributed by atoms with Gasteiger partial charge >= 0.3 is 0 Å². The minimum Gasteiger partial charge on any atom is -0.468 e. The van der Waals surface area contributed by atoms with Crippen LogP contribution in [0.1, 0.15) is 55.9 Å². The van der Waals surface area contributed by atoms with Crippen LogP contribution < -0.4 is 5.32 Å². The predicted molar refractivity (Wildman–Crippen MR) is 102 cm³/mol. The highest BCUT2D eigenvalue weighted by molar-refractivity contribution is 5.88. The third-order valence-corrected chi connectivity index (χ3v) is 6.20. The van der Waals surface area contributed by atoms with E-state index in [9.17, 15) is 9.18 Å². The minimum absolute atomic E-state index is 0.0577. The van der Waals surface area contributed by atoms with Gasteiger partial charge in [-0.2, -0.15) is 0 Å². The van der Waals surface area contributed by atoms with E-state index >= 15 is 0 Å². The summed E-state index contributed by atoms with van der Waals surface area (Å²) in [6, 6.07) is 10.4. The first-order valence-corrected chi connectivity index (χ1v) is 10.0. The topological polar surface area (TPSA) is 45.5 Å². The van der Waals surface area contributed by atoms with E-state index < -0.39 is 5.41 Å². The Bertz CT molecular complexity index is 745. The van der Waals surface area contributed by atoms with Gasteiger partial charge in [0.05, 0.1) is 17.7 Å². The summed E-state index contributed by atoms with van der Waals surface area (Å²) in [6.07, 6.45) is 7.75. The Hall–Kier alpha value is -2.14. The van der Waals surface area contributed by atoms with Gasteiger partial charge < -0.3 is 9.73 Å². The van der Waals surface area contributed by atoms with Crippen molar-refractivity contribution in [1.29, 1.82) is 0 Å². The van der Waals surface area contributed by atoms with Crippen LogP contribution in [0, 0.1) is 5.82 Å². The Morgan fingerprint density at radius 1 is 1.11 bits per heavy atom. The van der Waals surface area contributed by atoms with Crippen LogP contribution in [0.4, 0.5) is 4.39 Å². The van der Waals surface area contributed by atoms with Crippen molar-refractivity contribution in [3.05, 3.63) is 59.8 Å². The number of amides is 1. The third kappa shape index (κ3) is 3.65. The fourth-order valence-corrected chi connectivity index (χ4v) is 4.70. The van der Waals surface area contributed by atoms with E-state index in [1.807, 2.05) is 12.1 Å². The Morgan fingerprint density at radius 2 is 1.81 bits per heavy atom. The SMILES string of the molecule is O=C(NCC(c1ccco1)N1CCCC1)C1(c2ccc(F)cc2)CCCC1. The van der Waals surface area contributed by atoms with Crippen molar-refractivity contribution < 1.29 is 13.6 Å². The lowest BCUT2D eigenvalue weighted by molar-refractivity contribution is -0.127. The molecule has 1 aromatic heterocycles. The molecule has 2 heterocycles. The summed E-state index contributed by atoms with van der Waals surface area (Å²) in [5.41, 5.74) is 0.390. The maximum absolute atomic E-state index is 13.4. The lowest BCUT2D eigenvalue weighted by Gasteiger charge is -2.31. The second kappa shape index (κ2) is 7.85. The molecule has 2 aromatic rings. The Morgan fingerprint density at radius 3 is 2.44 bits per heavy atom. The number of nitrogens with zero attached hydrogens (tertiary/aromatic N) is 1. The van der Waals surface area contributed by atoms with Crippen molar-refractivity contribution in [3.8, 4) is 0 Å². The number of carbonyl (C=O) groups is 1. The zero-order chi connectivity index (χ0) is 18.7. The van der Waals surface area contributed by atoms with Gasteiger partial charge in [-0.15, -0.1) is 0 Å². The molecule has 0 spiro atoms. The molecular formula is C22H27FN2O2. The predicted octanol–water partition coefficient (Wildman–Crippen LogP) is 4.18. The van der Waals surface area contributed by atoms with Crippen molar-refractivity contribution in [2.75, 3.05) is 19.6 Å². The van der Waals surface area contributed by atoms with E-state index in [1.54, 1.807) is 18.4 Å². The van der Waals surface area contributed by atoms with Gasteiger partial charge in [-0.05, 0) is 68.6 Å². The minimum atomic E-state index is -0.535. The van der Waals surface area contributed by atoms with Gasteiger partial charge in [-0.25, -0.2) is 4.39 Å². The Balaban J connectivity index is 1.51. The lowest BCUT2D eigenvalue weighted by Crippen LogP contribution is -2.45. The van der Waals surface area contributed by atoms with E-state index in [0.717, 1.165) is 50.1 Å². The summed E-state index contributed by atoms with van der Waals surface area (Å²) in [5, 5.41) is 3.21. The smallest absolute Gasteiger partial charge is 0.230 e. The summed E-state index contributed by atoms with van der Waals surface area (Å²) < 4.78 is 19.0. The van der Waals surface area contributed by atoms with Crippen LogP contribution in [0.25, 0.3) is 0 Å². The van der Waals surface area contributed by atoms with E-state index in [4.69, 9.17) is 4.42 Å². The Kier molecular flexibility index (Phi) is 5.30. The first-order valence-electron chi connectivity index (χ1n) is 10.0. The third-order valence-electron chi connectivity index (χ3n) is 6.20. The average Bonchev–Trinajstić information content (AvgIpc) is 3.45. The van der Waals surface area contributed by atoms with E-state index in [0.29, 0.717) is 6.54 Å². The molecule has 144 valence electrons. The lowest BCUT2D eigenvalue weighted by atomic mass is 9.78. The molecule has 1 N–H and O–H groups in total. The van der Waals surface area contributed by atoms with Crippen LogP contribution in [-0.2, 0) is 10.2 Å². The molecule has 1 aliphatic heterocycles. The summed E-state index contributed by atoms with van der Waals surface area (Å²) >= 11 is 0. The van der Waals surface area contributed by atoms with Crippen LogP contribution in [0.3, 0.4) is 0 Å². The number of hydrogen-bond donors (Lipinski definition) is 1. The molecule has 1 atom stereocenters. The van der Waals surface area contributed by atoms with Gasteiger partial charge in [-0.3, -0.25) is 9.69 Å². The van der Waals surface area contributed by atoms with Gasteiger partial charge in [-0.1, -0.05) is 25.0 Å². The molecule has 1 amide bonds. The molecule has 1 unspecified atom stereocenters. The number of hydrogen-bond acceptors (Lipinski definition) is 3. The van der Waals surface area contributed by atoms with Crippen LogP contribution in [0.2, 0.25) is 0 Å². The molecule has 0 radical (unpaired) electrons. The van der Waals surface area contributed by atoms with Crippen LogP contribution in [0.15, 0.2) is 47.1 Å². The molecule has 1 aliphatic carbocycles. The quantitative estimate of drug-likeness (QED) is 0.830. The van der Waals surface area contributed by atoms with Crippen molar-refractivity contribution in [3.63, 3.8) is 0 Å². The monoisotopic (exact) mass is 370 g/mol. The molecule has 27 heavy (non-hydrogen) atoms. The molecule has 0 bridgehead atoms. The zero-order valence-corrected chi connectivity index (χ0v) is 15.6. The van der Waals surface area contributed by atoms with Gasteiger partial charge in [0.25, 0.3) is 0 Å². The van der Waals surface area contributed by atoms with Crippen molar-refractivity contribution >= 4 is 5.91 Å². The molecule has 2 aliphatic rings. The van der Waals surface area contributed by atoms with Crippen molar-refractivity contribution in [2.45, 2.75) is 50.0 Å². The van der Waals surface area contributed by atoms with Gasteiger partial charge in [0.2, 0.25) is 5.91 Å². The number of rotatable bonds is 6.